The van der Waals surface area contributed by atoms with Gasteiger partial charge in [-0.3, -0.25) is 9.59 Å². The van der Waals surface area contributed by atoms with Gasteiger partial charge >= 0.3 is 5.97 Å². The summed E-state index contributed by atoms with van der Waals surface area (Å²) >= 11 is 1.64. The molecule has 0 bridgehead atoms. The van der Waals surface area contributed by atoms with Gasteiger partial charge in [-0.2, -0.15) is 11.3 Å². The molecule has 1 heterocycles. The minimum Gasteiger partial charge on any atom is -0.481 e. The number of hydrogen-bond donors (Lipinski definition) is 2. The molecule has 2 N–H and O–H groups in total. The van der Waals surface area contributed by atoms with E-state index in [1.165, 1.54) is 5.56 Å². The van der Waals surface area contributed by atoms with E-state index in [4.69, 9.17) is 0 Å². The second kappa shape index (κ2) is 6.88. The highest BCUT2D eigenvalue weighted by Gasteiger charge is 2.35. The number of carbonyl (C=O) groups excluding carboxylic acids is 1. The van der Waals surface area contributed by atoms with E-state index in [0.29, 0.717) is 12.8 Å². The van der Waals surface area contributed by atoms with Crippen LogP contribution in [0.1, 0.15) is 38.2 Å². The van der Waals surface area contributed by atoms with Crippen molar-refractivity contribution >= 4 is 23.2 Å². The van der Waals surface area contributed by atoms with Crippen molar-refractivity contribution in [1.82, 2.24) is 5.32 Å². The van der Waals surface area contributed by atoms with Crippen LogP contribution in [0, 0.1) is 11.8 Å². The van der Waals surface area contributed by atoms with Gasteiger partial charge in [0.25, 0.3) is 0 Å². The van der Waals surface area contributed by atoms with Gasteiger partial charge in [0.1, 0.15) is 0 Å². The Morgan fingerprint density at radius 2 is 2.10 bits per heavy atom. The molecule has 5 heteroatoms. The van der Waals surface area contributed by atoms with E-state index >= 15 is 0 Å². The van der Waals surface area contributed by atoms with Crippen LogP contribution >= 0.6 is 11.3 Å². The Hall–Kier alpha value is -1.36. The summed E-state index contributed by atoms with van der Waals surface area (Å²) < 4.78 is 0. The summed E-state index contributed by atoms with van der Waals surface area (Å²) in [6, 6.07) is 2.09. The molecule has 110 valence electrons. The molecule has 0 saturated heterocycles. The normalized spacial score (nSPS) is 24.1. The molecular formula is C15H21NO3S. The van der Waals surface area contributed by atoms with Crippen LogP contribution in [0.4, 0.5) is 0 Å². The SMILES string of the molecule is CC(Cc1ccsc1)NC(=O)[C@@H]1CCCC[C@@H]1C(=O)O. The molecule has 1 aliphatic rings. The summed E-state index contributed by atoms with van der Waals surface area (Å²) in [4.78, 5) is 23.5. The fourth-order valence-electron chi connectivity index (χ4n) is 2.90. The van der Waals surface area contributed by atoms with Crippen LogP contribution < -0.4 is 5.32 Å². The Morgan fingerprint density at radius 3 is 2.70 bits per heavy atom. The smallest absolute Gasteiger partial charge is 0.307 e. The predicted molar refractivity (Wildman–Crippen MR) is 78.7 cm³/mol. The van der Waals surface area contributed by atoms with Crippen LogP contribution in [-0.2, 0) is 16.0 Å². The van der Waals surface area contributed by atoms with E-state index in [1.54, 1.807) is 11.3 Å². The third-order valence-electron chi connectivity index (χ3n) is 3.93. The first-order valence-corrected chi connectivity index (χ1v) is 8.06. The molecule has 1 aliphatic carbocycles. The Morgan fingerprint density at radius 1 is 1.40 bits per heavy atom. The average Bonchev–Trinajstić information content (AvgIpc) is 2.91. The molecule has 0 aliphatic heterocycles. The van der Waals surface area contributed by atoms with Gasteiger partial charge in [0.2, 0.25) is 5.91 Å². The summed E-state index contributed by atoms with van der Waals surface area (Å²) in [5.74, 6) is -1.82. The first-order valence-electron chi connectivity index (χ1n) is 7.12. The van der Waals surface area contributed by atoms with Crippen molar-refractivity contribution in [3.8, 4) is 0 Å². The highest BCUT2D eigenvalue weighted by atomic mass is 32.1. The number of thiophene rings is 1. The molecule has 0 spiro atoms. The molecule has 1 aromatic heterocycles. The van der Waals surface area contributed by atoms with E-state index in [1.807, 2.05) is 18.4 Å². The first kappa shape index (κ1) is 15.0. The number of carboxylic acid groups (broad SMARTS) is 1. The molecule has 3 atom stereocenters. The zero-order valence-corrected chi connectivity index (χ0v) is 12.5. The van der Waals surface area contributed by atoms with Crippen molar-refractivity contribution in [2.75, 3.05) is 0 Å². The Bertz CT molecular complexity index is 458. The van der Waals surface area contributed by atoms with Crippen LogP contribution in [-0.4, -0.2) is 23.0 Å². The standard InChI is InChI=1S/C15H21NO3S/c1-10(8-11-6-7-20-9-11)16-14(17)12-4-2-3-5-13(12)15(18)19/h6-7,9-10,12-13H,2-5,8H2,1H3,(H,16,17)(H,18,19)/t10?,12-,13+/m1/s1. The number of amides is 1. The third-order valence-corrected chi connectivity index (χ3v) is 4.66. The van der Waals surface area contributed by atoms with E-state index in [2.05, 4.69) is 10.7 Å². The second-order valence-corrected chi connectivity index (χ2v) is 6.36. The van der Waals surface area contributed by atoms with Gasteiger partial charge in [-0.05, 0) is 48.6 Å². The minimum atomic E-state index is -0.838. The lowest BCUT2D eigenvalue weighted by atomic mass is 9.78. The van der Waals surface area contributed by atoms with Crippen LogP contribution in [0.3, 0.4) is 0 Å². The fraction of sp³-hybridized carbons (Fsp3) is 0.600. The lowest BCUT2D eigenvalue weighted by Crippen LogP contribution is -2.43. The van der Waals surface area contributed by atoms with E-state index in [-0.39, 0.29) is 17.9 Å². The molecule has 0 radical (unpaired) electrons. The largest absolute Gasteiger partial charge is 0.481 e. The summed E-state index contributed by atoms with van der Waals surface area (Å²) in [6.45, 7) is 1.97. The maximum absolute atomic E-state index is 12.3. The number of aliphatic carboxylic acids is 1. The summed E-state index contributed by atoms with van der Waals surface area (Å²) in [6.07, 6.45) is 3.95. The van der Waals surface area contributed by atoms with Crippen LogP contribution in [0.25, 0.3) is 0 Å². The van der Waals surface area contributed by atoms with Gasteiger partial charge in [0, 0.05) is 6.04 Å². The van der Waals surface area contributed by atoms with E-state index in [9.17, 15) is 14.7 Å². The zero-order chi connectivity index (χ0) is 14.5. The van der Waals surface area contributed by atoms with Crippen molar-refractivity contribution in [3.63, 3.8) is 0 Å². The average molecular weight is 295 g/mol. The quantitative estimate of drug-likeness (QED) is 0.877. The number of nitrogens with one attached hydrogen (secondary N) is 1. The predicted octanol–water partition coefficient (Wildman–Crippen LogP) is 2.69. The topological polar surface area (TPSA) is 66.4 Å². The van der Waals surface area contributed by atoms with Crippen LogP contribution in [0.2, 0.25) is 0 Å². The Balaban J connectivity index is 1.90. The van der Waals surface area contributed by atoms with Gasteiger partial charge in [-0.15, -0.1) is 0 Å². The van der Waals surface area contributed by atoms with Gasteiger partial charge < -0.3 is 10.4 Å². The van der Waals surface area contributed by atoms with E-state index < -0.39 is 11.9 Å². The van der Waals surface area contributed by atoms with Gasteiger partial charge in [0.05, 0.1) is 11.8 Å². The maximum atomic E-state index is 12.3. The molecule has 1 amide bonds. The number of carbonyl (C=O) groups is 2. The fourth-order valence-corrected chi connectivity index (χ4v) is 3.59. The summed E-state index contributed by atoms with van der Waals surface area (Å²) in [5, 5.41) is 16.3. The monoisotopic (exact) mass is 295 g/mol. The van der Waals surface area contributed by atoms with Gasteiger partial charge in [-0.1, -0.05) is 12.8 Å². The summed E-state index contributed by atoms with van der Waals surface area (Å²) in [5.41, 5.74) is 1.21. The van der Waals surface area contributed by atoms with Crippen molar-refractivity contribution in [3.05, 3.63) is 22.4 Å². The highest BCUT2D eigenvalue weighted by molar-refractivity contribution is 7.07. The molecular weight excluding hydrogens is 274 g/mol. The summed E-state index contributed by atoms with van der Waals surface area (Å²) in [7, 11) is 0. The first-order chi connectivity index (χ1) is 9.58. The van der Waals surface area contributed by atoms with Crippen LogP contribution in [0.5, 0.6) is 0 Å². The lowest BCUT2D eigenvalue weighted by molar-refractivity contribution is -0.149. The van der Waals surface area contributed by atoms with Gasteiger partial charge in [-0.25, -0.2) is 0 Å². The highest BCUT2D eigenvalue weighted by Crippen LogP contribution is 2.30. The molecule has 1 unspecified atom stereocenters. The Kier molecular flexibility index (Phi) is 5.17. The zero-order valence-electron chi connectivity index (χ0n) is 11.7. The molecule has 1 fully saturated rings. The molecule has 0 aromatic carbocycles. The molecule has 4 nitrogen and oxygen atoms in total. The third kappa shape index (κ3) is 3.82. The van der Waals surface area contributed by atoms with Crippen molar-refractivity contribution in [2.24, 2.45) is 11.8 Å². The van der Waals surface area contributed by atoms with Crippen LogP contribution in [0.15, 0.2) is 16.8 Å². The molecule has 2 rings (SSSR count). The maximum Gasteiger partial charge on any atom is 0.307 e. The number of hydrogen-bond acceptors (Lipinski definition) is 3. The van der Waals surface area contributed by atoms with Gasteiger partial charge in [0.15, 0.2) is 0 Å². The number of carboxylic acids is 1. The lowest BCUT2D eigenvalue weighted by Gasteiger charge is -2.28. The van der Waals surface area contributed by atoms with Crippen molar-refractivity contribution in [2.45, 2.75) is 45.1 Å². The molecule has 1 aromatic rings. The minimum absolute atomic E-state index is 0.0356. The number of rotatable bonds is 5. The Labute approximate surface area is 123 Å². The van der Waals surface area contributed by atoms with E-state index in [0.717, 1.165) is 19.3 Å². The molecule has 20 heavy (non-hydrogen) atoms. The second-order valence-electron chi connectivity index (χ2n) is 5.58. The van der Waals surface area contributed by atoms with Crippen molar-refractivity contribution < 1.29 is 14.7 Å². The molecule has 1 saturated carbocycles. The van der Waals surface area contributed by atoms with Crippen molar-refractivity contribution in [1.29, 1.82) is 0 Å².